The Labute approximate surface area is 806 Å². The first kappa shape index (κ1) is 110. The maximum absolute atomic E-state index is 16.2. The number of fused-ring (bicyclic) bond motifs is 5. The van der Waals surface area contributed by atoms with Crippen molar-refractivity contribution in [3.63, 3.8) is 0 Å². The van der Waals surface area contributed by atoms with E-state index in [4.69, 9.17) is 34.1 Å². The normalized spacial score (nSPS) is 24.4. The van der Waals surface area contributed by atoms with Gasteiger partial charge in [0.15, 0.2) is 5.96 Å². The number of aliphatic hydroxyl groups excluding tert-OH is 1. The van der Waals surface area contributed by atoms with Crippen molar-refractivity contribution < 1.29 is 102 Å². The summed E-state index contributed by atoms with van der Waals surface area (Å²) in [7, 11) is 1.15. The minimum absolute atomic E-state index is 0.102. The molecule has 17 atom stereocenters. The number of thioether (sulfide) groups is 1. The van der Waals surface area contributed by atoms with Crippen LogP contribution in [0.5, 0.6) is 5.75 Å². The monoisotopic (exact) mass is 1950 g/mol. The number of aromatic nitrogens is 1. The van der Waals surface area contributed by atoms with Crippen LogP contribution < -0.4 is 108 Å². The fourth-order valence-corrected chi connectivity index (χ4v) is 16.5. The molecule has 0 aliphatic carbocycles. The van der Waals surface area contributed by atoms with Gasteiger partial charge in [0.1, 0.15) is 96.4 Å². The number of carboxylic acid groups (broad SMARTS) is 1. The van der Waals surface area contributed by atoms with Gasteiger partial charge in [-0.1, -0.05) is 157 Å². The fraction of sp³-hybridized carbons (Fsp3) is 0.457. The molecule has 2 fully saturated rings. The molecule has 139 heavy (non-hydrogen) atoms. The van der Waals surface area contributed by atoms with Crippen LogP contribution >= 0.6 is 11.8 Å². The molecule has 17 amide bonds. The van der Waals surface area contributed by atoms with Gasteiger partial charge in [0, 0.05) is 68.2 Å². The van der Waals surface area contributed by atoms with Crippen LogP contribution in [0.15, 0.2) is 140 Å². The van der Waals surface area contributed by atoms with E-state index in [1.54, 1.807) is 92.7 Å². The van der Waals surface area contributed by atoms with Crippen LogP contribution in [0.25, 0.3) is 22.0 Å². The van der Waals surface area contributed by atoms with E-state index in [-0.39, 0.29) is 56.0 Å². The Morgan fingerprint density at radius 3 is 1.55 bits per heavy atom. The molecule has 2 saturated heterocycles. The number of carboxylic acids is 1. The van der Waals surface area contributed by atoms with Crippen LogP contribution in [0, 0.1) is 23.2 Å². The summed E-state index contributed by atoms with van der Waals surface area (Å²) in [6.45, 7) is 10.2. The first-order valence-corrected chi connectivity index (χ1v) is 46.6. The highest BCUT2D eigenvalue weighted by atomic mass is 32.2. The quantitative estimate of drug-likeness (QED) is 0.0140. The third-order valence-electron chi connectivity index (χ3n) is 23.3. The second-order valence-corrected chi connectivity index (χ2v) is 36.5. The number of nitrogens with zero attached hydrogens (tertiary/aromatic N) is 1. The van der Waals surface area contributed by atoms with Crippen LogP contribution in [-0.2, 0) is 112 Å². The molecule has 1 unspecified atom stereocenters. The molecule has 44 nitrogen and oxygen atoms in total. The van der Waals surface area contributed by atoms with E-state index in [9.17, 15) is 58.5 Å². The highest BCUT2D eigenvalue weighted by Gasteiger charge is 2.45. The number of amides is 17. The van der Waals surface area contributed by atoms with Crippen molar-refractivity contribution >= 4 is 135 Å². The Morgan fingerprint density at radius 1 is 0.511 bits per heavy atom. The average Bonchev–Trinajstić information content (AvgIpc) is 1.65. The molecule has 750 valence electrons. The summed E-state index contributed by atoms with van der Waals surface area (Å²) in [6.07, 6.45) is -6.86. The molecule has 30 N–H and O–H groups in total. The second-order valence-electron chi connectivity index (χ2n) is 35.5. The highest BCUT2D eigenvalue weighted by Crippen LogP contribution is 2.25. The third-order valence-corrected chi connectivity index (χ3v) is 24.3. The number of primary amides is 2. The average molecular weight is 1950 g/mol. The number of rotatable bonds is 26. The van der Waals surface area contributed by atoms with Gasteiger partial charge in [0.2, 0.25) is 100 Å². The zero-order valence-corrected chi connectivity index (χ0v) is 79.2. The Morgan fingerprint density at radius 2 is 0.986 bits per heavy atom. The lowest BCUT2D eigenvalue weighted by molar-refractivity contribution is -0.143. The van der Waals surface area contributed by atoms with Crippen molar-refractivity contribution in [2.24, 2.45) is 46.4 Å². The minimum atomic E-state index is -2.52. The smallest absolute Gasteiger partial charge is 0.305 e. The van der Waals surface area contributed by atoms with E-state index in [1.165, 1.54) is 58.2 Å². The highest BCUT2D eigenvalue weighted by molar-refractivity contribution is 8.00. The van der Waals surface area contributed by atoms with Gasteiger partial charge >= 0.3 is 5.97 Å². The number of H-pyrrole nitrogens is 1. The molecule has 3 heterocycles. The largest absolute Gasteiger partial charge is 0.508 e. The van der Waals surface area contributed by atoms with E-state index in [0.29, 0.717) is 39.4 Å². The molecular formula is C94H127N23O21S. The number of hydrogen-bond acceptors (Lipinski definition) is 24. The van der Waals surface area contributed by atoms with Crippen molar-refractivity contribution in [2.45, 2.75) is 222 Å². The molecule has 0 saturated carbocycles. The first-order chi connectivity index (χ1) is 65.9. The molecule has 2 bridgehead atoms. The van der Waals surface area contributed by atoms with Crippen LogP contribution in [0.2, 0.25) is 0 Å². The molecule has 6 aromatic rings. The number of guanidine groups is 1. The van der Waals surface area contributed by atoms with Crippen molar-refractivity contribution in [1.29, 1.82) is 5.41 Å². The Hall–Kier alpha value is -14.6. The number of aromatic hydroxyl groups is 1. The van der Waals surface area contributed by atoms with Gasteiger partial charge < -0.3 is 134 Å². The number of aliphatic carboxylic acids is 1. The van der Waals surface area contributed by atoms with E-state index < -0.39 is 283 Å². The Bertz CT molecular complexity index is 5360. The van der Waals surface area contributed by atoms with E-state index >= 15 is 43.2 Å². The molecule has 0 radical (unpaired) electrons. The minimum Gasteiger partial charge on any atom is -0.508 e. The van der Waals surface area contributed by atoms with Crippen LogP contribution in [-0.4, -0.2) is 272 Å². The number of hydrogen-bond donors (Lipinski definition) is 25. The van der Waals surface area contributed by atoms with Gasteiger partial charge in [-0.15, -0.1) is 11.8 Å². The second kappa shape index (κ2) is 52.6. The zero-order valence-electron chi connectivity index (χ0n) is 78.4. The van der Waals surface area contributed by atoms with Crippen molar-refractivity contribution in [1.82, 2.24) is 89.6 Å². The predicted molar refractivity (Wildman–Crippen MR) is 512 cm³/mol. The summed E-state index contributed by atoms with van der Waals surface area (Å²) >= 11 is 0.530. The molecule has 2 aliphatic heterocycles. The Kier molecular flexibility index (Phi) is 41.6. The molecular weight excluding hydrogens is 1820 g/mol. The Balaban J connectivity index is 1.35. The number of aliphatic hydroxyl groups is 1. The summed E-state index contributed by atoms with van der Waals surface area (Å²) in [6, 6.07) is 6.20. The number of phenols is 1. The molecule has 0 spiro atoms. The standard InChI is InChI=1S/C94H127N23O21S/c1-47(2)36-63-86(131)115-76(49(5)6)91(136)116-77-78(123)59(96)41-69(93(138)117(8)71(39-51-18-11-9-12-19-51)89(134)106-62(33-34-95)81(126)107-63)112-80(125)61(24-17-35-101-94(99)100)105-82(127)65(37-52-25-29-55(30-26-52)54-20-13-10-14-21-54)111-90(135)75(48(3)4)114-87(132)66(40-56-44-102-60-23-16-15-22-58(56)60)109-85(130)68(43-74(121)122)110-83(128)64(38-53-27-31-57(118)32-28-53)108-84(129)67(42-72(97)119)104-73(120)46-139-45-70(113-92(77)137)88(133)103-50(7)79(98)124/h9-16,18-23,25-32,44,47-50,59,61-71,75-78,102,118,123H,17,24,33-43,45-46,95-96H2,1-8H3,(H2,97,119)(H2,98,124)(H,103,133)(H,104,120)(H,105,127)(H,106,134)(H,107,126)(H,108,129)(H,109,130)(H,110,128)(H,111,135)(H,112,125)(H,113,137)(H,114,132)(H,115,131)(H,116,136)(H,121,122)(H4,99,100,101)/t50-,59?,61-,62-,63-,64-,65-,66-,67-,68-,69-,70-,71-,75-,76-,77-,78+/m0/s1. The number of nitrogens with two attached hydrogens (primary N) is 5. The molecule has 5 aromatic carbocycles. The maximum Gasteiger partial charge on any atom is 0.305 e. The van der Waals surface area contributed by atoms with Gasteiger partial charge in [-0.2, -0.15) is 0 Å². The summed E-state index contributed by atoms with van der Waals surface area (Å²) in [4.78, 5) is 271. The van der Waals surface area contributed by atoms with Gasteiger partial charge in [-0.25, -0.2) is 0 Å². The topological polar surface area (TPSA) is 721 Å². The number of likely N-dealkylation sites (N-methyl/N-ethyl adjacent to an activating group) is 1. The van der Waals surface area contributed by atoms with Crippen LogP contribution in [0.3, 0.4) is 0 Å². The number of carbonyl (C=O) groups excluding carboxylic acids is 17. The van der Waals surface area contributed by atoms with E-state index in [2.05, 4.69) is 84.7 Å². The zero-order chi connectivity index (χ0) is 102. The van der Waals surface area contributed by atoms with Gasteiger partial charge in [-0.3, -0.25) is 91.7 Å². The number of aromatic amines is 1. The summed E-state index contributed by atoms with van der Waals surface area (Å²) in [5.41, 5.74) is 33.7. The molecule has 45 heteroatoms. The van der Waals surface area contributed by atoms with Gasteiger partial charge in [0.25, 0.3) is 0 Å². The lowest BCUT2D eigenvalue weighted by Gasteiger charge is -2.35. The molecule has 2 aliphatic rings. The summed E-state index contributed by atoms with van der Waals surface area (Å²) < 4.78 is 0. The number of para-hydroxylation sites is 1. The summed E-state index contributed by atoms with van der Waals surface area (Å²) in [5, 5.41) is 80.6. The van der Waals surface area contributed by atoms with Crippen molar-refractivity contribution in [3.8, 4) is 16.9 Å². The van der Waals surface area contributed by atoms with Crippen LogP contribution in [0.1, 0.15) is 116 Å². The lowest BCUT2D eigenvalue weighted by atomic mass is 9.94. The van der Waals surface area contributed by atoms with E-state index in [1.807, 2.05) is 30.3 Å². The number of nitrogens with one attached hydrogen (secondary N) is 17. The number of carbonyl (C=O) groups is 18. The number of phenolic OH excluding ortho intramolecular Hbond substituents is 1. The predicted octanol–water partition coefficient (Wildman–Crippen LogP) is -3.91. The lowest BCUT2D eigenvalue weighted by Crippen LogP contribution is -2.65. The van der Waals surface area contributed by atoms with Crippen molar-refractivity contribution in [3.05, 3.63) is 162 Å². The number of benzene rings is 5. The summed E-state index contributed by atoms with van der Waals surface area (Å²) in [5.74, 6) is -26.2. The molecule has 8 rings (SSSR count). The van der Waals surface area contributed by atoms with Crippen LogP contribution in [0.4, 0.5) is 0 Å². The fourth-order valence-electron chi connectivity index (χ4n) is 15.6. The molecule has 1 aromatic heterocycles. The van der Waals surface area contributed by atoms with Crippen molar-refractivity contribution in [2.75, 3.05) is 31.6 Å². The van der Waals surface area contributed by atoms with Gasteiger partial charge in [0.05, 0.1) is 24.7 Å². The third kappa shape index (κ3) is 33.4. The maximum atomic E-state index is 16.2. The van der Waals surface area contributed by atoms with E-state index in [0.717, 1.165) is 30.0 Å². The SMILES string of the molecule is CC(C)C[C@@H]1NC(=O)[C@H](CCN)NC(=O)[C@H](Cc2ccccc2)N(C)C(=O)[C@@H]2CC(N)[C@@H](O)[C@H](NC(=O)[C@H](C(C)C)NC1=O)C(=O)N[C@H](C(=O)N[C@@H](C)C(N)=O)CSCC(=O)N[C@@H](CC(N)=O)C(=O)N[C@@H](Cc1ccc(O)cc1)C(=O)N[C@@H](CC(=O)O)C(=O)N[C@@H](Cc1c[nH]c3ccccc13)C(=O)N[C@@H](C(C)C)C(=O)N[C@@H](Cc1ccc(-c3ccccc3)cc1)C(=O)N[C@@H](CCCNC(=N)N)C(=O)N2. The van der Waals surface area contributed by atoms with Gasteiger partial charge in [-0.05, 0) is 115 Å². The first-order valence-electron chi connectivity index (χ1n) is 45.5.